The van der Waals surface area contributed by atoms with E-state index in [1.165, 1.54) is 105 Å². The molecule has 0 radical (unpaired) electrons. The van der Waals surface area contributed by atoms with E-state index in [9.17, 15) is 0 Å². The molecule has 2 aliphatic carbocycles. The van der Waals surface area contributed by atoms with E-state index in [1.807, 2.05) is 0 Å². The van der Waals surface area contributed by atoms with Crippen molar-refractivity contribution in [3.8, 4) is 44.8 Å². The maximum Gasteiger partial charge on any atom is 0.0788 e. The number of thioether (sulfide) groups is 1. The van der Waals surface area contributed by atoms with Crippen LogP contribution in [-0.4, -0.2) is 15.4 Å². The van der Waals surface area contributed by atoms with Gasteiger partial charge in [-0.15, -0.1) is 11.8 Å². The van der Waals surface area contributed by atoms with E-state index < -0.39 is 0 Å². The maximum atomic E-state index is 2.54. The van der Waals surface area contributed by atoms with Crippen LogP contribution in [0.5, 0.6) is 0 Å². The van der Waals surface area contributed by atoms with Gasteiger partial charge >= 0.3 is 0 Å². The summed E-state index contributed by atoms with van der Waals surface area (Å²) in [6.07, 6.45) is 8.85. The van der Waals surface area contributed by atoms with Crippen molar-refractivity contribution in [2.24, 2.45) is 0 Å². The molecule has 54 heavy (non-hydrogen) atoms. The average Bonchev–Trinajstić information content (AvgIpc) is 3.88. The smallest absolute Gasteiger partial charge is 0.0788 e. The summed E-state index contributed by atoms with van der Waals surface area (Å²) in [5.74, 6) is 0.448. The van der Waals surface area contributed by atoms with Crippen LogP contribution in [0.25, 0.3) is 83.5 Å². The zero-order chi connectivity index (χ0) is 35.9. The zero-order valence-corrected chi connectivity index (χ0v) is 31.2. The quantitative estimate of drug-likeness (QED) is 0.162. The van der Waals surface area contributed by atoms with Crippen LogP contribution in [0.3, 0.4) is 0 Å². The Kier molecular flexibility index (Phi) is 7.15. The van der Waals surface area contributed by atoms with Gasteiger partial charge in [0.1, 0.15) is 0 Å². The molecule has 7 aromatic carbocycles. The summed E-state index contributed by atoms with van der Waals surface area (Å²) in [4.78, 5) is 1.31. The fraction of sp³-hybridized carbons (Fsp3) is 0.0980. The number of hydrogen-bond donors (Lipinski definition) is 0. The number of hydrogen-bond acceptors (Lipinski definition) is 1. The van der Waals surface area contributed by atoms with Gasteiger partial charge < -0.3 is 9.13 Å². The molecule has 3 heteroatoms. The normalized spacial score (nSPS) is 14.5. The highest BCUT2D eigenvalue weighted by molar-refractivity contribution is 7.98. The van der Waals surface area contributed by atoms with Gasteiger partial charge in [-0.1, -0.05) is 128 Å². The van der Waals surface area contributed by atoms with Crippen LogP contribution in [0, 0.1) is 0 Å². The molecule has 11 rings (SSSR count). The van der Waals surface area contributed by atoms with Crippen molar-refractivity contribution in [1.29, 1.82) is 0 Å². The van der Waals surface area contributed by atoms with Gasteiger partial charge in [0.2, 0.25) is 0 Å². The third-order valence-corrected chi connectivity index (χ3v) is 12.7. The minimum Gasteiger partial charge on any atom is -0.308 e. The van der Waals surface area contributed by atoms with Crippen LogP contribution in [0.15, 0.2) is 163 Å². The Labute approximate surface area is 320 Å². The Bertz CT molecular complexity index is 2980. The molecule has 0 saturated carbocycles. The van der Waals surface area contributed by atoms with Gasteiger partial charge in [0.05, 0.1) is 22.2 Å². The summed E-state index contributed by atoms with van der Waals surface area (Å²) in [7, 11) is 0. The van der Waals surface area contributed by atoms with Gasteiger partial charge in [-0.25, -0.2) is 0 Å². The molecule has 0 bridgehead atoms. The molecule has 0 saturated heterocycles. The minimum atomic E-state index is 0.448. The average molecular weight is 711 g/mol. The number of para-hydroxylation sites is 2. The summed E-state index contributed by atoms with van der Waals surface area (Å²) in [6, 6.07) is 56.6. The molecule has 2 aromatic heterocycles. The van der Waals surface area contributed by atoms with E-state index in [1.54, 1.807) is 11.8 Å². The number of nitrogens with zero attached hydrogens (tertiary/aromatic N) is 2. The zero-order valence-electron chi connectivity index (χ0n) is 30.4. The number of benzene rings is 7. The predicted octanol–water partition coefficient (Wildman–Crippen LogP) is 13.9. The molecule has 1 unspecified atom stereocenters. The third kappa shape index (κ3) is 4.68. The van der Waals surface area contributed by atoms with Crippen LogP contribution in [0.1, 0.15) is 41.6 Å². The lowest BCUT2D eigenvalue weighted by molar-refractivity contribution is 0.773. The van der Waals surface area contributed by atoms with Gasteiger partial charge in [0, 0.05) is 32.4 Å². The summed E-state index contributed by atoms with van der Waals surface area (Å²) in [6.45, 7) is 2.38. The first-order valence-electron chi connectivity index (χ1n) is 19.0. The van der Waals surface area contributed by atoms with E-state index in [0.29, 0.717) is 5.92 Å². The molecule has 2 aliphatic rings. The monoisotopic (exact) mass is 710 g/mol. The highest BCUT2D eigenvalue weighted by Gasteiger charge is 2.28. The second-order valence-electron chi connectivity index (χ2n) is 14.9. The Morgan fingerprint density at radius 2 is 1.28 bits per heavy atom. The van der Waals surface area contributed by atoms with Gasteiger partial charge in [-0.2, -0.15) is 0 Å². The van der Waals surface area contributed by atoms with E-state index in [4.69, 9.17) is 0 Å². The van der Waals surface area contributed by atoms with E-state index in [0.717, 1.165) is 12.8 Å². The topological polar surface area (TPSA) is 9.86 Å². The Morgan fingerprint density at radius 3 is 2.15 bits per heavy atom. The summed E-state index contributed by atoms with van der Waals surface area (Å²) in [5, 5.41) is 3.92. The van der Waals surface area contributed by atoms with Crippen molar-refractivity contribution in [2.75, 3.05) is 6.26 Å². The van der Waals surface area contributed by atoms with Crippen LogP contribution in [-0.2, 0) is 6.42 Å². The first-order valence-corrected chi connectivity index (χ1v) is 20.2. The van der Waals surface area contributed by atoms with Gasteiger partial charge in [0.25, 0.3) is 0 Å². The van der Waals surface area contributed by atoms with Gasteiger partial charge in [-0.3, -0.25) is 0 Å². The molecular weight excluding hydrogens is 673 g/mol. The molecule has 0 aliphatic heterocycles. The summed E-state index contributed by atoms with van der Waals surface area (Å²) in [5.41, 5.74) is 19.5. The molecular formula is C51H38N2S. The highest BCUT2D eigenvalue weighted by Crippen LogP contribution is 2.46. The van der Waals surface area contributed by atoms with Crippen LogP contribution >= 0.6 is 11.8 Å². The van der Waals surface area contributed by atoms with Gasteiger partial charge in [-0.05, 0) is 118 Å². The summed E-state index contributed by atoms with van der Waals surface area (Å²) >= 11 is 1.80. The number of allylic oxidation sites excluding steroid dienone is 1. The van der Waals surface area contributed by atoms with Crippen molar-refractivity contribution in [3.63, 3.8) is 0 Å². The second kappa shape index (κ2) is 12.3. The second-order valence-corrected chi connectivity index (χ2v) is 15.7. The molecule has 2 nitrogen and oxygen atoms in total. The lowest BCUT2D eigenvalue weighted by atomic mass is 9.90. The van der Waals surface area contributed by atoms with Crippen molar-refractivity contribution in [1.82, 2.24) is 9.13 Å². The minimum absolute atomic E-state index is 0.448. The van der Waals surface area contributed by atoms with E-state index in [2.05, 4.69) is 186 Å². The van der Waals surface area contributed by atoms with Crippen molar-refractivity contribution >= 4 is 50.5 Å². The molecule has 9 aromatic rings. The Morgan fingerprint density at radius 1 is 0.537 bits per heavy atom. The molecule has 2 heterocycles. The standard InChI is InChI=1S/C51H38N2S/c1-32-11-10-17-47-49(32)44-28-27-43-42-15-6-8-16-46(42)53(50(43)51(44)52(47)38-12-4-3-5-13-38)39-25-23-36-30-37-29-35(24-26-40(37)45(36)31-39)33-19-21-34(22-20-33)41-14-7-9-18-48(41)54-2/h3-10,12-29,31-32H,11,30H2,1-2H3. The lowest BCUT2D eigenvalue weighted by Gasteiger charge is -2.17. The fourth-order valence-corrected chi connectivity index (χ4v) is 10.0. The van der Waals surface area contributed by atoms with Gasteiger partial charge in [0.15, 0.2) is 0 Å². The molecule has 0 fully saturated rings. The van der Waals surface area contributed by atoms with E-state index >= 15 is 0 Å². The van der Waals surface area contributed by atoms with Crippen LogP contribution < -0.4 is 0 Å². The lowest BCUT2D eigenvalue weighted by Crippen LogP contribution is -2.03. The molecule has 0 amide bonds. The first kappa shape index (κ1) is 31.5. The van der Waals surface area contributed by atoms with E-state index in [-0.39, 0.29) is 0 Å². The predicted molar refractivity (Wildman–Crippen MR) is 231 cm³/mol. The fourth-order valence-electron chi connectivity index (χ4n) is 9.38. The third-order valence-electron chi connectivity index (χ3n) is 11.9. The van der Waals surface area contributed by atoms with Crippen LogP contribution in [0.4, 0.5) is 0 Å². The molecule has 0 N–H and O–H groups in total. The number of aromatic nitrogens is 2. The maximum absolute atomic E-state index is 2.54. The largest absolute Gasteiger partial charge is 0.308 e. The number of fused-ring (bicyclic) bond motifs is 10. The Balaban J connectivity index is 1.07. The van der Waals surface area contributed by atoms with Crippen molar-refractivity contribution in [2.45, 2.75) is 30.6 Å². The van der Waals surface area contributed by atoms with Crippen molar-refractivity contribution in [3.05, 3.63) is 180 Å². The summed E-state index contributed by atoms with van der Waals surface area (Å²) < 4.78 is 5.06. The first-order chi connectivity index (χ1) is 26.7. The number of rotatable bonds is 5. The van der Waals surface area contributed by atoms with Crippen LogP contribution in [0.2, 0.25) is 0 Å². The molecule has 1 atom stereocenters. The SMILES string of the molecule is CSc1ccccc1-c1ccc(-c2ccc3c(c2)Cc2ccc(-n4c5ccccc5c5ccc6c7c(n(-c8ccccc8)c6c54)C=CCC7C)cc2-3)cc1. The van der Waals surface area contributed by atoms with Crippen molar-refractivity contribution < 1.29 is 0 Å². The molecule has 0 spiro atoms. The Hall–Kier alpha value is -6.03. The molecule has 258 valence electrons. The highest BCUT2D eigenvalue weighted by atomic mass is 32.2.